The van der Waals surface area contributed by atoms with Crippen LogP contribution >= 0.6 is 11.8 Å². The second-order valence-corrected chi connectivity index (χ2v) is 6.64. The number of likely N-dealkylation sites (N-methyl/N-ethyl adjacent to an activating group) is 1. The molecule has 184 valence electrons. The van der Waals surface area contributed by atoms with Gasteiger partial charge in [0.05, 0.1) is 0 Å². The van der Waals surface area contributed by atoms with Gasteiger partial charge in [0.1, 0.15) is 4.91 Å². The van der Waals surface area contributed by atoms with Crippen molar-refractivity contribution >= 4 is 17.7 Å². The number of amides is 1. The Kier molecular flexibility index (Phi) is 8.38. The summed E-state index contributed by atoms with van der Waals surface area (Å²) >= 11 is -2.70. The Hall–Kier alpha value is -1.49. The van der Waals surface area contributed by atoms with E-state index in [1.165, 1.54) is 0 Å². The second-order valence-electron chi connectivity index (χ2n) is 5.47. The third-order valence-corrected chi connectivity index (χ3v) is 4.80. The van der Waals surface area contributed by atoms with E-state index >= 15 is 0 Å². The van der Waals surface area contributed by atoms with E-state index in [1.807, 2.05) is 0 Å². The summed E-state index contributed by atoms with van der Waals surface area (Å²) in [6.45, 7) is 0.157. The van der Waals surface area contributed by atoms with E-state index in [9.17, 15) is 70.7 Å². The molecule has 0 N–H and O–H groups in total. The first kappa shape index (κ1) is 29.5. The Balaban J connectivity index is 7.35. The zero-order chi connectivity index (χ0) is 25.4. The van der Waals surface area contributed by atoms with E-state index in [4.69, 9.17) is 0 Å². The van der Waals surface area contributed by atoms with Crippen molar-refractivity contribution in [2.24, 2.45) is 0 Å². The molecule has 31 heavy (non-hydrogen) atoms. The van der Waals surface area contributed by atoms with Crippen LogP contribution in [-0.4, -0.2) is 59.3 Å². The zero-order valence-corrected chi connectivity index (χ0v) is 15.7. The van der Waals surface area contributed by atoms with Gasteiger partial charge in [-0.05, 0) is 13.8 Å². The van der Waals surface area contributed by atoms with Gasteiger partial charge in [-0.2, -0.15) is 52.7 Å². The number of alkyl halides is 14. The van der Waals surface area contributed by atoms with Gasteiger partial charge in [-0.15, -0.1) is 0 Å². The molecule has 0 aliphatic carbocycles. The quantitative estimate of drug-likeness (QED) is 0.303. The van der Waals surface area contributed by atoms with Gasteiger partial charge in [0.15, 0.2) is 5.83 Å². The number of thioether (sulfide) groups is 1. The third-order valence-electron chi connectivity index (χ3n) is 3.50. The Labute approximate surface area is 167 Å². The minimum absolute atomic E-state index is 0.0533. The van der Waals surface area contributed by atoms with E-state index in [-0.39, 0.29) is 4.90 Å². The number of rotatable bonds is 6. The molecule has 0 aliphatic heterocycles. The highest BCUT2D eigenvalue weighted by atomic mass is 32.2. The lowest BCUT2D eigenvalue weighted by molar-refractivity contribution is -0.331. The molecule has 0 fully saturated rings. The van der Waals surface area contributed by atoms with Gasteiger partial charge in [-0.3, -0.25) is 4.79 Å². The van der Waals surface area contributed by atoms with Gasteiger partial charge in [-0.1, -0.05) is 11.8 Å². The molecule has 0 aliphatic rings. The molecule has 0 atom stereocenters. The van der Waals surface area contributed by atoms with E-state index < -0.39 is 76.9 Å². The van der Waals surface area contributed by atoms with Crippen LogP contribution in [0, 0.1) is 0 Å². The second kappa shape index (κ2) is 8.80. The Morgan fingerprint density at radius 3 is 1.23 bits per heavy atom. The molecule has 0 heterocycles. The van der Waals surface area contributed by atoms with E-state index in [1.54, 1.807) is 0 Å². The summed E-state index contributed by atoms with van der Waals surface area (Å²) in [6, 6.07) is 0. The van der Waals surface area contributed by atoms with Crippen LogP contribution in [0.5, 0.6) is 0 Å². The van der Waals surface area contributed by atoms with E-state index in [0.717, 1.165) is 13.8 Å². The lowest BCUT2D eigenvalue weighted by Crippen LogP contribution is -2.55. The number of hydrogen-bond donors (Lipinski definition) is 0. The van der Waals surface area contributed by atoms with Crippen molar-refractivity contribution in [3.63, 3.8) is 0 Å². The highest BCUT2D eigenvalue weighted by Gasteiger charge is 2.78. The first-order chi connectivity index (χ1) is 13.4. The number of carbonyl (C=O) groups is 1. The molecule has 0 radical (unpaired) electrons. The summed E-state index contributed by atoms with van der Waals surface area (Å²) in [4.78, 5) is 8.58. The zero-order valence-electron chi connectivity index (χ0n) is 14.8. The van der Waals surface area contributed by atoms with E-state index in [0.29, 0.717) is 0 Å². The highest BCUT2D eigenvalue weighted by Crippen LogP contribution is 2.59. The van der Waals surface area contributed by atoms with Crippen LogP contribution in [0.1, 0.15) is 13.8 Å². The van der Waals surface area contributed by atoms with Crippen LogP contribution in [0.25, 0.3) is 0 Å². The number of halogens is 15. The van der Waals surface area contributed by atoms with Crippen LogP contribution in [0.4, 0.5) is 65.9 Å². The van der Waals surface area contributed by atoms with Crippen LogP contribution in [0.3, 0.4) is 0 Å². The Bertz CT molecular complexity index is 655. The van der Waals surface area contributed by atoms with Crippen molar-refractivity contribution in [3.8, 4) is 0 Å². The van der Waals surface area contributed by atoms with Crippen molar-refractivity contribution in [2.75, 3.05) is 13.1 Å². The average molecular weight is 513 g/mol. The van der Waals surface area contributed by atoms with Gasteiger partial charge in [-0.25, -0.2) is 13.2 Å². The third kappa shape index (κ3) is 5.30. The van der Waals surface area contributed by atoms with Gasteiger partial charge in [0, 0.05) is 13.1 Å². The maximum Gasteiger partial charge on any atom is 0.441 e. The molecule has 0 saturated heterocycles. The molecule has 0 aromatic carbocycles. The topological polar surface area (TPSA) is 20.3 Å². The number of carbonyl (C=O) groups excluding carboxylic acids is 1. The largest absolute Gasteiger partial charge is 0.441 e. The fraction of sp³-hybridized carbons (Fsp3) is 0.769. The molecule has 0 unspecified atom stereocenters. The summed E-state index contributed by atoms with van der Waals surface area (Å²) in [7, 11) is 0. The first-order valence-corrected chi connectivity index (χ1v) is 8.28. The maximum absolute atomic E-state index is 14.2. The van der Waals surface area contributed by atoms with Crippen LogP contribution in [-0.2, 0) is 4.79 Å². The molecular weight excluding hydrogens is 503 g/mol. The van der Waals surface area contributed by atoms with Gasteiger partial charge < -0.3 is 4.90 Å². The molecule has 1 amide bonds. The van der Waals surface area contributed by atoms with Crippen molar-refractivity contribution in [2.45, 2.75) is 49.2 Å². The molecule has 0 spiro atoms. The van der Waals surface area contributed by atoms with E-state index in [2.05, 4.69) is 0 Å². The van der Waals surface area contributed by atoms with Gasteiger partial charge in [0.25, 0.3) is 5.91 Å². The molecule has 0 saturated carbocycles. The molecule has 0 rings (SSSR count). The molecule has 0 aromatic rings. The normalized spacial score (nSPS) is 15.6. The summed E-state index contributed by atoms with van der Waals surface area (Å²) < 4.78 is 194. The predicted molar refractivity (Wildman–Crippen MR) is 75.6 cm³/mol. The van der Waals surface area contributed by atoms with Crippen molar-refractivity contribution in [1.29, 1.82) is 0 Å². The number of nitrogens with zero attached hydrogens (tertiary/aromatic N) is 1. The van der Waals surface area contributed by atoms with Crippen LogP contribution in [0.15, 0.2) is 10.7 Å². The maximum atomic E-state index is 14.2. The summed E-state index contributed by atoms with van der Waals surface area (Å²) in [5.74, 6) is -7.09. The van der Waals surface area contributed by atoms with Crippen molar-refractivity contribution in [3.05, 3.63) is 10.7 Å². The lowest BCUT2D eigenvalue weighted by Gasteiger charge is -2.33. The molecule has 18 heteroatoms. The number of hydrogen-bond acceptors (Lipinski definition) is 2. The molecule has 0 bridgehead atoms. The minimum atomic E-state index is -7.35. The van der Waals surface area contributed by atoms with Crippen LogP contribution in [0.2, 0.25) is 0 Å². The van der Waals surface area contributed by atoms with Crippen molar-refractivity contribution in [1.82, 2.24) is 4.90 Å². The standard InChI is InChI=1S/C13H10F15NOS/c1-3-29(4-2)7(30)5(31-9(16,12(23,24)25)13(26,27)28)6(14)8(15,10(17,18)19)11(20,21)22/h3-4H2,1-2H3/b6-5+. The summed E-state index contributed by atoms with van der Waals surface area (Å²) in [5.41, 5.74) is -7.22. The van der Waals surface area contributed by atoms with Gasteiger partial charge in [0.2, 0.25) is 0 Å². The Morgan fingerprint density at radius 2 is 1.00 bits per heavy atom. The summed E-state index contributed by atoms with van der Waals surface area (Å²) in [5, 5.41) is -6.77. The van der Waals surface area contributed by atoms with Crippen LogP contribution < -0.4 is 0 Å². The molecular formula is C13H10F15NOS. The first-order valence-electron chi connectivity index (χ1n) is 7.47. The van der Waals surface area contributed by atoms with Crippen molar-refractivity contribution < 1.29 is 70.7 Å². The lowest BCUT2D eigenvalue weighted by atomic mass is 10.0. The predicted octanol–water partition coefficient (Wildman–Crippen LogP) is 6.39. The number of allylic oxidation sites excluding steroid dienone is 1. The molecule has 2 nitrogen and oxygen atoms in total. The highest BCUT2D eigenvalue weighted by molar-refractivity contribution is 8.05. The average Bonchev–Trinajstić information content (AvgIpc) is 2.54. The molecule has 0 aromatic heterocycles. The van der Waals surface area contributed by atoms with Gasteiger partial charge >= 0.3 is 35.4 Å². The monoisotopic (exact) mass is 513 g/mol. The SMILES string of the molecule is CCN(CC)C(=O)/C(SC(F)(C(F)(F)F)C(F)(F)F)=C(\F)C(F)(C(F)(F)F)C(F)(F)F. The minimum Gasteiger partial charge on any atom is -0.339 e. The fourth-order valence-corrected chi connectivity index (χ4v) is 2.78. The fourth-order valence-electron chi connectivity index (χ4n) is 1.82. The smallest absolute Gasteiger partial charge is 0.339 e. The summed E-state index contributed by atoms with van der Waals surface area (Å²) in [6.07, 6.45) is -28.9. The Morgan fingerprint density at radius 1 is 0.677 bits per heavy atom.